The molecule has 1 heterocycles. The second-order valence-electron chi connectivity index (χ2n) is 3.81. The molecule has 0 aromatic carbocycles. The van der Waals surface area contributed by atoms with E-state index in [9.17, 15) is 4.79 Å². The van der Waals surface area contributed by atoms with Crippen LogP contribution in [0.1, 0.15) is 25.5 Å². The van der Waals surface area contributed by atoms with Crippen molar-refractivity contribution in [2.24, 2.45) is 0 Å². The number of aryl methyl sites for hydroxylation is 1. The molecule has 1 atom stereocenters. The maximum atomic E-state index is 10.8. The van der Waals surface area contributed by atoms with Gasteiger partial charge in [-0.15, -0.1) is 0 Å². The summed E-state index contributed by atoms with van der Waals surface area (Å²) in [5.41, 5.74) is 1.02. The summed E-state index contributed by atoms with van der Waals surface area (Å²) in [6.07, 6.45) is 2.33. The number of hydrogen-bond acceptors (Lipinski definition) is 3. The van der Waals surface area contributed by atoms with Crippen LogP contribution in [0.15, 0.2) is 22.8 Å². The molecule has 0 fully saturated rings. The van der Waals surface area contributed by atoms with Gasteiger partial charge in [0.15, 0.2) is 0 Å². The number of pyridine rings is 1. The molecule has 0 spiro atoms. The third-order valence-electron chi connectivity index (χ3n) is 2.48. The topological polar surface area (TPSA) is 62.2 Å². The normalized spacial score (nSPS) is 12.4. The molecule has 2 N–H and O–H groups in total. The Morgan fingerprint density at radius 2 is 2.35 bits per heavy atom. The minimum absolute atomic E-state index is 0.439. The highest BCUT2D eigenvalue weighted by molar-refractivity contribution is 9.10. The van der Waals surface area contributed by atoms with Crippen molar-refractivity contribution < 1.29 is 9.90 Å². The smallest absolute Gasteiger partial charge is 0.320 e. The van der Waals surface area contributed by atoms with Crippen LogP contribution < -0.4 is 5.32 Å². The van der Waals surface area contributed by atoms with E-state index in [1.807, 2.05) is 25.1 Å². The molecule has 1 rings (SSSR count). The average molecular weight is 301 g/mol. The van der Waals surface area contributed by atoms with Gasteiger partial charge in [-0.2, -0.15) is 0 Å². The van der Waals surface area contributed by atoms with Gasteiger partial charge in [0.1, 0.15) is 10.6 Å². The van der Waals surface area contributed by atoms with Crippen LogP contribution in [0.25, 0.3) is 0 Å². The Bertz CT molecular complexity index is 371. The molecule has 4 nitrogen and oxygen atoms in total. The van der Waals surface area contributed by atoms with Crippen LogP contribution in [0.5, 0.6) is 0 Å². The number of aromatic nitrogens is 1. The van der Waals surface area contributed by atoms with E-state index in [0.29, 0.717) is 13.0 Å². The number of rotatable bonds is 7. The summed E-state index contributed by atoms with van der Waals surface area (Å²) in [7, 11) is 0. The summed E-state index contributed by atoms with van der Waals surface area (Å²) in [4.78, 5) is 15.1. The standard InChI is InChI=1S/C12H17BrN2O2/c1-2-10(12(16)17)14-8-4-6-9-5-3-7-11(13)15-9/h3,5,7,10,14H,2,4,6,8H2,1H3,(H,16,17). The highest BCUT2D eigenvalue weighted by Gasteiger charge is 2.12. The minimum atomic E-state index is -0.784. The minimum Gasteiger partial charge on any atom is -0.480 e. The lowest BCUT2D eigenvalue weighted by Crippen LogP contribution is -2.36. The number of nitrogens with one attached hydrogen (secondary N) is 1. The van der Waals surface area contributed by atoms with E-state index in [0.717, 1.165) is 23.1 Å². The fourth-order valence-electron chi connectivity index (χ4n) is 1.54. The number of halogens is 1. The molecule has 0 aliphatic heterocycles. The average Bonchev–Trinajstić information content (AvgIpc) is 2.28. The van der Waals surface area contributed by atoms with Gasteiger partial charge < -0.3 is 10.4 Å². The van der Waals surface area contributed by atoms with E-state index in [-0.39, 0.29) is 0 Å². The quantitative estimate of drug-likeness (QED) is 0.599. The molecule has 0 aliphatic rings. The largest absolute Gasteiger partial charge is 0.480 e. The predicted octanol–water partition coefficient (Wildman–Crippen LogP) is 2.23. The van der Waals surface area contributed by atoms with Crippen LogP contribution >= 0.6 is 15.9 Å². The van der Waals surface area contributed by atoms with Gasteiger partial charge in [0, 0.05) is 5.69 Å². The van der Waals surface area contributed by atoms with Crippen molar-refractivity contribution in [3.05, 3.63) is 28.5 Å². The van der Waals surface area contributed by atoms with E-state index >= 15 is 0 Å². The third-order valence-corrected chi connectivity index (χ3v) is 2.92. The van der Waals surface area contributed by atoms with Crippen molar-refractivity contribution in [3.8, 4) is 0 Å². The van der Waals surface area contributed by atoms with Crippen molar-refractivity contribution in [1.82, 2.24) is 10.3 Å². The van der Waals surface area contributed by atoms with Gasteiger partial charge in [-0.1, -0.05) is 13.0 Å². The fourth-order valence-corrected chi connectivity index (χ4v) is 1.92. The van der Waals surface area contributed by atoms with Crippen molar-refractivity contribution in [2.45, 2.75) is 32.2 Å². The number of aliphatic carboxylic acids is 1. The molecule has 0 aliphatic carbocycles. The molecule has 1 aromatic rings. The van der Waals surface area contributed by atoms with E-state index < -0.39 is 12.0 Å². The lowest BCUT2D eigenvalue weighted by atomic mass is 10.2. The third kappa shape index (κ3) is 5.28. The zero-order valence-corrected chi connectivity index (χ0v) is 11.4. The number of carboxylic acid groups (broad SMARTS) is 1. The fraction of sp³-hybridized carbons (Fsp3) is 0.500. The van der Waals surface area contributed by atoms with Gasteiger partial charge in [-0.25, -0.2) is 4.98 Å². The summed E-state index contributed by atoms with van der Waals surface area (Å²) in [6, 6.07) is 5.37. The maximum absolute atomic E-state index is 10.8. The van der Waals surface area contributed by atoms with E-state index in [1.165, 1.54) is 0 Å². The van der Waals surface area contributed by atoms with Crippen LogP contribution in [-0.2, 0) is 11.2 Å². The molecule has 1 aromatic heterocycles. The Hall–Kier alpha value is -0.940. The number of nitrogens with zero attached hydrogens (tertiary/aromatic N) is 1. The molecule has 1 unspecified atom stereocenters. The van der Waals surface area contributed by atoms with Gasteiger partial charge >= 0.3 is 5.97 Å². The second kappa shape index (κ2) is 7.40. The first-order chi connectivity index (χ1) is 8.13. The Morgan fingerprint density at radius 3 is 2.94 bits per heavy atom. The van der Waals surface area contributed by atoms with Crippen molar-refractivity contribution >= 4 is 21.9 Å². The summed E-state index contributed by atoms with van der Waals surface area (Å²) in [5, 5.41) is 11.9. The highest BCUT2D eigenvalue weighted by atomic mass is 79.9. The SMILES string of the molecule is CCC(NCCCc1cccc(Br)n1)C(=O)O. The molecular weight excluding hydrogens is 284 g/mol. The Kier molecular flexibility index (Phi) is 6.15. The van der Waals surface area contributed by atoms with Crippen LogP contribution in [0, 0.1) is 0 Å². The zero-order valence-electron chi connectivity index (χ0n) is 9.82. The lowest BCUT2D eigenvalue weighted by Gasteiger charge is -2.11. The monoisotopic (exact) mass is 300 g/mol. The first kappa shape index (κ1) is 14.1. The van der Waals surface area contributed by atoms with Crippen LogP contribution in [0.3, 0.4) is 0 Å². The summed E-state index contributed by atoms with van der Waals surface area (Å²) < 4.78 is 0.833. The first-order valence-electron chi connectivity index (χ1n) is 5.71. The molecule has 17 heavy (non-hydrogen) atoms. The van der Waals surface area contributed by atoms with Gasteiger partial charge in [0.25, 0.3) is 0 Å². The van der Waals surface area contributed by atoms with Crippen LogP contribution in [0.2, 0.25) is 0 Å². The van der Waals surface area contributed by atoms with Crippen LogP contribution in [0.4, 0.5) is 0 Å². The summed E-state index contributed by atoms with van der Waals surface area (Å²) >= 11 is 3.32. The molecule has 0 saturated carbocycles. The molecule has 0 bridgehead atoms. The molecule has 94 valence electrons. The maximum Gasteiger partial charge on any atom is 0.320 e. The summed E-state index contributed by atoms with van der Waals surface area (Å²) in [5.74, 6) is -0.784. The molecule has 0 radical (unpaired) electrons. The highest BCUT2D eigenvalue weighted by Crippen LogP contribution is 2.07. The lowest BCUT2D eigenvalue weighted by molar-refractivity contribution is -0.139. The molecular formula is C12H17BrN2O2. The Labute approximate surface area is 110 Å². The van der Waals surface area contributed by atoms with E-state index in [1.54, 1.807) is 0 Å². The van der Waals surface area contributed by atoms with E-state index in [2.05, 4.69) is 26.2 Å². The van der Waals surface area contributed by atoms with Gasteiger partial charge in [-0.05, 0) is 53.9 Å². The second-order valence-corrected chi connectivity index (χ2v) is 4.62. The first-order valence-corrected chi connectivity index (χ1v) is 6.50. The molecule has 0 amide bonds. The summed E-state index contributed by atoms with van der Waals surface area (Å²) in [6.45, 7) is 2.56. The van der Waals surface area contributed by atoms with Gasteiger partial charge in [0.2, 0.25) is 0 Å². The predicted molar refractivity (Wildman–Crippen MR) is 70.0 cm³/mol. The number of carboxylic acids is 1. The molecule has 0 saturated heterocycles. The van der Waals surface area contributed by atoms with Crippen molar-refractivity contribution in [1.29, 1.82) is 0 Å². The van der Waals surface area contributed by atoms with Gasteiger partial charge in [-0.3, -0.25) is 4.79 Å². The van der Waals surface area contributed by atoms with Gasteiger partial charge in [0.05, 0.1) is 0 Å². The number of hydrogen-bond donors (Lipinski definition) is 2. The van der Waals surface area contributed by atoms with Crippen LogP contribution in [-0.4, -0.2) is 28.6 Å². The van der Waals surface area contributed by atoms with Crippen molar-refractivity contribution in [3.63, 3.8) is 0 Å². The molecule has 5 heteroatoms. The Morgan fingerprint density at radius 1 is 1.59 bits per heavy atom. The zero-order chi connectivity index (χ0) is 12.7. The van der Waals surface area contributed by atoms with E-state index in [4.69, 9.17) is 5.11 Å². The van der Waals surface area contributed by atoms with Crippen molar-refractivity contribution in [2.75, 3.05) is 6.54 Å². The number of carbonyl (C=O) groups is 1. The Balaban J connectivity index is 2.26.